The molecule has 0 saturated carbocycles. The van der Waals surface area contributed by atoms with E-state index in [-0.39, 0.29) is 11.3 Å². The molecule has 3 aromatic rings. The molecular formula is C31H38N2O3. The van der Waals surface area contributed by atoms with Crippen LogP contribution in [0.2, 0.25) is 0 Å². The third kappa shape index (κ3) is 6.46. The molecule has 3 aromatic carbocycles. The van der Waals surface area contributed by atoms with E-state index in [0.29, 0.717) is 18.8 Å². The third-order valence-corrected chi connectivity index (χ3v) is 6.59. The van der Waals surface area contributed by atoms with Gasteiger partial charge in [-0.05, 0) is 47.7 Å². The van der Waals surface area contributed by atoms with E-state index in [1.54, 1.807) is 0 Å². The third-order valence-electron chi connectivity index (χ3n) is 6.59. The van der Waals surface area contributed by atoms with E-state index in [0.717, 1.165) is 55.3 Å². The normalized spacial score (nSPS) is 14.5. The van der Waals surface area contributed by atoms with Crippen LogP contribution in [0, 0.1) is 0 Å². The van der Waals surface area contributed by atoms with Crippen LogP contribution in [0.4, 0.5) is 0 Å². The van der Waals surface area contributed by atoms with E-state index in [1.807, 2.05) is 54.3 Å². The molecule has 4 rings (SSSR count). The predicted octanol–water partition coefficient (Wildman–Crippen LogP) is 5.92. The van der Waals surface area contributed by atoms with Crippen LogP contribution in [0.15, 0.2) is 72.8 Å². The first kappa shape index (κ1) is 25.8. The number of piperazine rings is 1. The highest BCUT2D eigenvalue weighted by atomic mass is 16.5. The second kappa shape index (κ2) is 11.6. The average Bonchev–Trinajstić information content (AvgIpc) is 2.88. The van der Waals surface area contributed by atoms with Gasteiger partial charge >= 0.3 is 0 Å². The van der Waals surface area contributed by atoms with Crippen molar-refractivity contribution in [2.24, 2.45) is 0 Å². The van der Waals surface area contributed by atoms with Gasteiger partial charge in [-0.15, -0.1) is 0 Å². The first-order valence-corrected chi connectivity index (χ1v) is 12.9. The molecule has 0 bridgehead atoms. The Kier molecular flexibility index (Phi) is 8.32. The smallest absolute Gasteiger partial charge is 0.253 e. The zero-order valence-electron chi connectivity index (χ0n) is 22.0. The lowest BCUT2D eigenvalue weighted by atomic mass is 9.86. The van der Waals surface area contributed by atoms with E-state index >= 15 is 0 Å². The number of hydrogen-bond acceptors (Lipinski definition) is 4. The van der Waals surface area contributed by atoms with Crippen LogP contribution in [0.5, 0.6) is 11.5 Å². The van der Waals surface area contributed by atoms with E-state index in [9.17, 15) is 4.79 Å². The summed E-state index contributed by atoms with van der Waals surface area (Å²) in [4.78, 5) is 17.7. The van der Waals surface area contributed by atoms with Gasteiger partial charge in [0.2, 0.25) is 0 Å². The van der Waals surface area contributed by atoms with Gasteiger partial charge in [-0.3, -0.25) is 9.69 Å². The van der Waals surface area contributed by atoms with E-state index in [2.05, 4.69) is 56.0 Å². The maximum atomic E-state index is 13.4. The number of amides is 1. The van der Waals surface area contributed by atoms with Crippen LogP contribution in [0.25, 0.3) is 0 Å². The number of rotatable bonds is 8. The van der Waals surface area contributed by atoms with E-state index in [1.165, 1.54) is 5.56 Å². The summed E-state index contributed by atoms with van der Waals surface area (Å²) < 4.78 is 12.1. The fraction of sp³-hybridized carbons (Fsp3) is 0.387. The molecular weight excluding hydrogens is 448 g/mol. The largest absolute Gasteiger partial charge is 0.493 e. The fourth-order valence-electron chi connectivity index (χ4n) is 4.62. The molecule has 0 spiro atoms. The molecule has 190 valence electrons. The van der Waals surface area contributed by atoms with Crippen LogP contribution in [0.1, 0.15) is 54.7 Å². The lowest BCUT2D eigenvalue weighted by molar-refractivity contribution is 0.0628. The molecule has 0 atom stereocenters. The summed E-state index contributed by atoms with van der Waals surface area (Å²) in [6, 6.07) is 24.3. The molecule has 0 radical (unpaired) electrons. The second-order valence-corrected chi connectivity index (χ2v) is 10.3. The van der Waals surface area contributed by atoms with Crippen molar-refractivity contribution in [3.8, 4) is 11.5 Å². The Bertz CT molecular complexity index is 1150. The average molecular weight is 487 g/mol. The van der Waals surface area contributed by atoms with Crippen molar-refractivity contribution in [3.63, 3.8) is 0 Å². The highest BCUT2D eigenvalue weighted by molar-refractivity contribution is 5.94. The molecule has 1 saturated heterocycles. The molecule has 0 N–H and O–H groups in total. The lowest BCUT2D eigenvalue weighted by Gasteiger charge is -2.35. The lowest BCUT2D eigenvalue weighted by Crippen LogP contribution is -2.48. The van der Waals surface area contributed by atoms with Gasteiger partial charge in [0.05, 0.1) is 6.61 Å². The Morgan fingerprint density at radius 3 is 2.22 bits per heavy atom. The summed E-state index contributed by atoms with van der Waals surface area (Å²) in [6.07, 6.45) is 0. The van der Waals surface area contributed by atoms with Crippen LogP contribution >= 0.6 is 0 Å². The van der Waals surface area contributed by atoms with Crippen molar-refractivity contribution in [2.45, 2.75) is 46.3 Å². The molecule has 5 heteroatoms. The Balaban J connectivity index is 1.44. The monoisotopic (exact) mass is 486 g/mol. The summed E-state index contributed by atoms with van der Waals surface area (Å²) >= 11 is 0. The zero-order valence-corrected chi connectivity index (χ0v) is 22.0. The molecule has 36 heavy (non-hydrogen) atoms. The van der Waals surface area contributed by atoms with Gasteiger partial charge in [-0.25, -0.2) is 0 Å². The van der Waals surface area contributed by atoms with Crippen LogP contribution in [0.3, 0.4) is 0 Å². The number of para-hydroxylation sites is 1. The standard InChI is InChI=1S/C31H38N2O3/c1-5-35-28-16-15-25(21-26(28)23-36-29-14-10-9-13-27(29)31(2,3)4)30(34)33-19-17-32(18-20-33)22-24-11-7-6-8-12-24/h6-16,21H,5,17-20,22-23H2,1-4H3. The highest BCUT2D eigenvalue weighted by Crippen LogP contribution is 2.32. The minimum absolute atomic E-state index is 0.0280. The number of benzene rings is 3. The van der Waals surface area contributed by atoms with Crippen LogP contribution in [-0.4, -0.2) is 48.5 Å². The number of nitrogens with zero attached hydrogens (tertiary/aromatic N) is 2. The first-order valence-electron chi connectivity index (χ1n) is 12.9. The topological polar surface area (TPSA) is 42.0 Å². The maximum absolute atomic E-state index is 13.4. The molecule has 1 aliphatic heterocycles. The molecule has 5 nitrogen and oxygen atoms in total. The van der Waals surface area contributed by atoms with Crippen molar-refractivity contribution in [1.82, 2.24) is 9.80 Å². The summed E-state index contributed by atoms with van der Waals surface area (Å²) in [5.41, 5.74) is 4.00. The Morgan fingerprint density at radius 2 is 1.53 bits per heavy atom. The van der Waals surface area contributed by atoms with Crippen molar-refractivity contribution in [3.05, 3.63) is 95.1 Å². The minimum atomic E-state index is -0.0280. The number of ether oxygens (including phenoxy) is 2. The van der Waals surface area contributed by atoms with E-state index in [4.69, 9.17) is 9.47 Å². The van der Waals surface area contributed by atoms with Gasteiger partial charge in [-0.2, -0.15) is 0 Å². The molecule has 1 amide bonds. The van der Waals surface area contributed by atoms with Crippen molar-refractivity contribution in [1.29, 1.82) is 0 Å². The molecule has 1 heterocycles. The SMILES string of the molecule is CCOc1ccc(C(=O)N2CCN(Cc3ccccc3)CC2)cc1COc1ccccc1C(C)(C)C. The molecule has 0 unspecified atom stereocenters. The maximum Gasteiger partial charge on any atom is 0.253 e. The van der Waals surface area contributed by atoms with Crippen molar-refractivity contribution < 1.29 is 14.3 Å². The summed E-state index contributed by atoms with van der Waals surface area (Å²) in [6.45, 7) is 13.5. The summed E-state index contributed by atoms with van der Waals surface area (Å²) in [5, 5.41) is 0. The van der Waals surface area contributed by atoms with Crippen molar-refractivity contribution in [2.75, 3.05) is 32.8 Å². The number of hydrogen-bond donors (Lipinski definition) is 0. The van der Waals surface area contributed by atoms with Gasteiger partial charge in [0.15, 0.2) is 0 Å². The summed E-state index contributed by atoms with van der Waals surface area (Å²) in [5.74, 6) is 1.68. The Labute approximate surface area is 215 Å². The second-order valence-electron chi connectivity index (χ2n) is 10.3. The van der Waals surface area contributed by atoms with E-state index < -0.39 is 0 Å². The Hall–Kier alpha value is -3.31. The van der Waals surface area contributed by atoms with Gasteiger partial charge < -0.3 is 14.4 Å². The van der Waals surface area contributed by atoms with Gasteiger partial charge in [-0.1, -0.05) is 69.3 Å². The quantitative estimate of drug-likeness (QED) is 0.396. The molecule has 1 aliphatic rings. The minimum Gasteiger partial charge on any atom is -0.493 e. The fourth-order valence-corrected chi connectivity index (χ4v) is 4.62. The zero-order chi connectivity index (χ0) is 25.5. The first-order chi connectivity index (χ1) is 17.3. The highest BCUT2D eigenvalue weighted by Gasteiger charge is 2.23. The van der Waals surface area contributed by atoms with Gasteiger partial charge in [0.25, 0.3) is 5.91 Å². The van der Waals surface area contributed by atoms with Gasteiger partial charge in [0.1, 0.15) is 18.1 Å². The molecule has 1 fully saturated rings. The number of carbonyl (C=O) groups excluding carboxylic acids is 1. The van der Waals surface area contributed by atoms with Gasteiger partial charge in [0, 0.05) is 43.9 Å². The van der Waals surface area contributed by atoms with Crippen LogP contribution in [-0.2, 0) is 18.6 Å². The van der Waals surface area contributed by atoms with Crippen LogP contribution < -0.4 is 9.47 Å². The Morgan fingerprint density at radius 1 is 0.833 bits per heavy atom. The van der Waals surface area contributed by atoms with Crippen molar-refractivity contribution >= 4 is 5.91 Å². The predicted molar refractivity (Wildman–Crippen MR) is 145 cm³/mol. The number of carbonyl (C=O) groups is 1. The molecule has 0 aromatic heterocycles. The molecule has 0 aliphatic carbocycles. The summed E-state index contributed by atoms with van der Waals surface area (Å²) in [7, 11) is 0.